The zero-order valence-electron chi connectivity index (χ0n) is 13.9. The summed E-state index contributed by atoms with van der Waals surface area (Å²) < 4.78 is 11.8. The number of carboxylic acid groups (broad SMARTS) is 1. The summed E-state index contributed by atoms with van der Waals surface area (Å²) in [5, 5.41) is 9.71. The summed E-state index contributed by atoms with van der Waals surface area (Å²) in [5.74, 6) is -0.0724. The standard InChI is InChI=1S/C18H22N2O4/c1-19-12-7-10(18(21)22)16(19)11-6-9-4-3-5-14(23-2)15(9)13-8-24-17(12)20(11)13/h3-5,10-13,16-17H,6-8H2,1-2H3,(H,21,22)/t10-,11+,12+,13+,16+,17?/m1/s1. The number of piperazine rings is 1. The quantitative estimate of drug-likeness (QED) is 0.876. The highest BCUT2D eigenvalue weighted by Crippen LogP contribution is 2.52. The molecule has 3 saturated heterocycles. The summed E-state index contributed by atoms with van der Waals surface area (Å²) >= 11 is 0. The van der Waals surface area contributed by atoms with Gasteiger partial charge in [0.1, 0.15) is 12.0 Å². The van der Waals surface area contributed by atoms with Gasteiger partial charge in [0.25, 0.3) is 0 Å². The molecule has 6 nitrogen and oxygen atoms in total. The number of carboxylic acids is 1. The van der Waals surface area contributed by atoms with Gasteiger partial charge in [-0.1, -0.05) is 12.1 Å². The van der Waals surface area contributed by atoms with Crippen LogP contribution in [0.2, 0.25) is 0 Å². The molecule has 128 valence electrons. The summed E-state index contributed by atoms with van der Waals surface area (Å²) in [7, 11) is 3.77. The van der Waals surface area contributed by atoms with Crippen LogP contribution in [0.15, 0.2) is 18.2 Å². The molecule has 1 unspecified atom stereocenters. The minimum absolute atomic E-state index is 0.0105. The highest BCUT2D eigenvalue weighted by Gasteiger charge is 2.62. The number of hydrogen-bond donors (Lipinski definition) is 1. The molecule has 0 aromatic heterocycles. The van der Waals surface area contributed by atoms with Gasteiger partial charge in [0.15, 0.2) is 0 Å². The molecule has 2 bridgehead atoms. The number of likely N-dealkylation sites (N-methyl/N-ethyl adjacent to an activating group) is 1. The van der Waals surface area contributed by atoms with Gasteiger partial charge in [0, 0.05) is 17.6 Å². The Morgan fingerprint density at radius 1 is 1.38 bits per heavy atom. The van der Waals surface area contributed by atoms with Crippen LogP contribution in [-0.2, 0) is 16.0 Å². The maximum Gasteiger partial charge on any atom is 0.308 e. The first-order valence-corrected chi connectivity index (χ1v) is 8.61. The maximum atomic E-state index is 11.8. The lowest BCUT2D eigenvalue weighted by Gasteiger charge is -2.51. The largest absolute Gasteiger partial charge is 0.496 e. The number of ether oxygens (including phenoxy) is 2. The van der Waals surface area contributed by atoms with E-state index in [0.717, 1.165) is 12.2 Å². The van der Waals surface area contributed by atoms with Crippen LogP contribution in [0.1, 0.15) is 23.6 Å². The van der Waals surface area contributed by atoms with E-state index in [2.05, 4.69) is 22.9 Å². The van der Waals surface area contributed by atoms with Crippen molar-refractivity contribution in [2.45, 2.75) is 43.2 Å². The fourth-order valence-corrected chi connectivity index (χ4v) is 5.63. The molecule has 4 aliphatic rings. The van der Waals surface area contributed by atoms with Crippen LogP contribution in [-0.4, -0.2) is 66.0 Å². The first kappa shape index (κ1) is 14.7. The van der Waals surface area contributed by atoms with Crippen molar-refractivity contribution in [3.8, 4) is 5.75 Å². The van der Waals surface area contributed by atoms with Crippen molar-refractivity contribution in [2.75, 3.05) is 20.8 Å². The molecule has 0 amide bonds. The summed E-state index contributed by atoms with van der Waals surface area (Å²) in [6.45, 7) is 0.656. The van der Waals surface area contributed by atoms with Crippen molar-refractivity contribution < 1.29 is 19.4 Å². The van der Waals surface area contributed by atoms with Gasteiger partial charge in [-0.05, 0) is 31.5 Å². The van der Waals surface area contributed by atoms with Gasteiger partial charge in [0.2, 0.25) is 0 Å². The number of methoxy groups -OCH3 is 1. The van der Waals surface area contributed by atoms with Crippen LogP contribution in [0, 0.1) is 5.92 Å². The number of nitrogens with zero attached hydrogens (tertiary/aromatic N) is 2. The van der Waals surface area contributed by atoms with Crippen molar-refractivity contribution in [1.82, 2.24) is 9.80 Å². The van der Waals surface area contributed by atoms with Gasteiger partial charge in [-0.3, -0.25) is 14.6 Å². The molecule has 1 aromatic rings. The lowest BCUT2D eigenvalue weighted by atomic mass is 9.82. The Balaban J connectivity index is 1.64. The lowest BCUT2D eigenvalue weighted by molar-refractivity contribution is -0.144. The number of rotatable bonds is 2. The van der Waals surface area contributed by atoms with E-state index in [4.69, 9.17) is 9.47 Å². The summed E-state index contributed by atoms with van der Waals surface area (Å²) in [6.07, 6.45) is 1.52. The van der Waals surface area contributed by atoms with Crippen LogP contribution >= 0.6 is 0 Å². The topological polar surface area (TPSA) is 62.2 Å². The summed E-state index contributed by atoms with van der Waals surface area (Å²) in [5.41, 5.74) is 2.50. The maximum absolute atomic E-state index is 11.8. The molecule has 0 aliphatic carbocycles. The highest BCUT2D eigenvalue weighted by atomic mass is 16.5. The fourth-order valence-electron chi connectivity index (χ4n) is 5.63. The Hall–Kier alpha value is -1.63. The molecule has 1 N–H and O–H groups in total. The van der Waals surface area contributed by atoms with Crippen LogP contribution in [0.4, 0.5) is 0 Å². The first-order valence-electron chi connectivity index (χ1n) is 8.61. The minimum atomic E-state index is -0.677. The second-order valence-electron chi connectivity index (χ2n) is 7.40. The zero-order chi connectivity index (χ0) is 16.6. The third-order valence-electron chi connectivity index (χ3n) is 6.54. The summed E-state index contributed by atoms with van der Waals surface area (Å²) in [4.78, 5) is 16.5. The lowest BCUT2D eigenvalue weighted by Crippen LogP contribution is -2.64. The van der Waals surface area contributed by atoms with E-state index < -0.39 is 5.97 Å². The fraction of sp³-hybridized carbons (Fsp3) is 0.611. The molecule has 1 aromatic carbocycles. The van der Waals surface area contributed by atoms with Crippen LogP contribution < -0.4 is 4.74 Å². The van der Waals surface area contributed by atoms with Gasteiger partial charge in [-0.25, -0.2) is 0 Å². The van der Waals surface area contributed by atoms with E-state index in [1.54, 1.807) is 7.11 Å². The van der Waals surface area contributed by atoms with E-state index in [-0.39, 0.29) is 36.3 Å². The highest BCUT2D eigenvalue weighted by molar-refractivity contribution is 5.72. The van der Waals surface area contributed by atoms with E-state index in [0.29, 0.717) is 13.0 Å². The molecule has 6 atom stereocenters. The monoisotopic (exact) mass is 330 g/mol. The number of carbonyl (C=O) groups is 1. The number of aliphatic carboxylic acids is 1. The molecule has 3 fully saturated rings. The Labute approximate surface area is 140 Å². The van der Waals surface area contributed by atoms with Crippen molar-refractivity contribution in [2.24, 2.45) is 5.92 Å². The average molecular weight is 330 g/mol. The zero-order valence-corrected chi connectivity index (χ0v) is 13.9. The molecule has 24 heavy (non-hydrogen) atoms. The summed E-state index contributed by atoms with van der Waals surface area (Å²) in [6, 6.07) is 6.76. The van der Waals surface area contributed by atoms with Gasteiger partial charge in [-0.2, -0.15) is 0 Å². The second kappa shape index (κ2) is 4.94. The van der Waals surface area contributed by atoms with Crippen LogP contribution in [0.5, 0.6) is 5.75 Å². The third kappa shape index (κ3) is 1.68. The number of benzene rings is 1. The van der Waals surface area contributed by atoms with Crippen LogP contribution in [0.25, 0.3) is 0 Å². The van der Waals surface area contributed by atoms with E-state index in [1.807, 2.05) is 12.1 Å². The van der Waals surface area contributed by atoms with Crippen molar-refractivity contribution in [3.05, 3.63) is 29.3 Å². The SMILES string of the molecule is COc1cccc2c1[C@@H]1COC3[C@@H]4C[C@@H](C(=O)O)[C@@H]([C@H](C2)N31)N4C. The van der Waals surface area contributed by atoms with Gasteiger partial charge in [-0.15, -0.1) is 0 Å². The average Bonchev–Trinajstić information content (AvgIpc) is 3.10. The Bertz CT molecular complexity index is 708. The van der Waals surface area contributed by atoms with E-state index >= 15 is 0 Å². The smallest absolute Gasteiger partial charge is 0.308 e. The molecular formula is C18H22N2O4. The van der Waals surface area contributed by atoms with Crippen molar-refractivity contribution >= 4 is 5.97 Å². The minimum Gasteiger partial charge on any atom is -0.496 e. The molecule has 0 radical (unpaired) electrons. The Morgan fingerprint density at radius 3 is 2.96 bits per heavy atom. The van der Waals surface area contributed by atoms with Gasteiger partial charge < -0.3 is 14.6 Å². The van der Waals surface area contributed by atoms with Gasteiger partial charge in [0.05, 0.1) is 31.7 Å². The third-order valence-corrected chi connectivity index (χ3v) is 6.54. The number of hydrogen-bond acceptors (Lipinski definition) is 5. The molecule has 4 heterocycles. The molecule has 4 aliphatic heterocycles. The first-order chi connectivity index (χ1) is 11.6. The van der Waals surface area contributed by atoms with Crippen molar-refractivity contribution in [3.63, 3.8) is 0 Å². The van der Waals surface area contributed by atoms with Crippen molar-refractivity contribution in [1.29, 1.82) is 0 Å². The van der Waals surface area contributed by atoms with Gasteiger partial charge >= 0.3 is 5.97 Å². The second-order valence-corrected chi connectivity index (χ2v) is 7.40. The van der Waals surface area contributed by atoms with E-state index in [9.17, 15) is 9.90 Å². The molecule has 0 saturated carbocycles. The number of fused-ring (bicyclic) bond motifs is 6. The molecular weight excluding hydrogens is 308 g/mol. The molecule has 0 spiro atoms. The Kier molecular flexibility index (Phi) is 3.02. The molecule has 6 heteroatoms. The normalized spacial score (nSPS) is 40.2. The van der Waals surface area contributed by atoms with Crippen LogP contribution in [0.3, 0.4) is 0 Å². The van der Waals surface area contributed by atoms with E-state index in [1.165, 1.54) is 11.1 Å². The predicted molar refractivity (Wildman–Crippen MR) is 85.9 cm³/mol. The Morgan fingerprint density at radius 2 is 2.21 bits per heavy atom. The molecule has 5 rings (SSSR count). The predicted octanol–water partition coefficient (Wildman–Crippen LogP) is 1.11.